The van der Waals surface area contributed by atoms with Gasteiger partial charge in [0.1, 0.15) is 6.33 Å². The van der Waals surface area contributed by atoms with Crippen LogP contribution in [-0.2, 0) is 11.3 Å². The van der Waals surface area contributed by atoms with Gasteiger partial charge in [-0.15, -0.1) is 10.2 Å². The van der Waals surface area contributed by atoms with Gasteiger partial charge in [-0.1, -0.05) is 23.9 Å². The van der Waals surface area contributed by atoms with Gasteiger partial charge in [0.05, 0.1) is 17.7 Å². The van der Waals surface area contributed by atoms with Crippen LogP contribution in [0.2, 0.25) is 0 Å². The first-order valence-electron chi connectivity index (χ1n) is 7.67. The third-order valence-corrected chi connectivity index (χ3v) is 4.82. The molecule has 8 heteroatoms. The van der Waals surface area contributed by atoms with Gasteiger partial charge in [-0.2, -0.15) is 0 Å². The molecule has 7 nitrogen and oxygen atoms in total. The molecular formula is C16H18N4O3S. The summed E-state index contributed by atoms with van der Waals surface area (Å²) in [5.41, 5.74) is 0.990. The van der Waals surface area contributed by atoms with Crippen LogP contribution >= 0.6 is 11.8 Å². The topological polar surface area (TPSA) is 77.3 Å². The number of nitrogens with zero attached hydrogens (tertiary/aromatic N) is 4. The van der Waals surface area contributed by atoms with Crippen molar-refractivity contribution >= 4 is 23.6 Å². The number of carbonyl (C=O) groups excluding carboxylic acids is 2. The maximum absolute atomic E-state index is 12.3. The van der Waals surface area contributed by atoms with Crippen molar-refractivity contribution in [1.29, 1.82) is 0 Å². The number of hydrogen-bond acceptors (Lipinski definition) is 6. The molecule has 0 N–H and O–H groups in total. The molecule has 1 aromatic heterocycles. The average molecular weight is 346 g/mol. The summed E-state index contributed by atoms with van der Waals surface area (Å²) < 4.78 is 6.98. The van der Waals surface area contributed by atoms with Crippen LogP contribution < -0.4 is 0 Å². The summed E-state index contributed by atoms with van der Waals surface area (Å²) >= 11 is 1.56. The van der Waals surface area contributed by atoms with Gasteiger partial charge >= 0.3 is 0 Å². The predicted octanol–water partition coefficient (Wildman–Crippen LogP) is 1.70. The minimum atomic E-state index is -0.205. The van der Waals surface area contributed by atoms with Gasteiger partial charge in [-0.3, -0.25) is 14.5 Å². The van der Waals surface area contributed by atoms with Crippen molar-refractivity contribution in [2.75, 3.05) is 26.0 Å². The molecule has 2 heterocycles. The van der Waals surface area contributed by atoms with Gasteiger partial charge in [0.25, 0.3) is 11.8 Å². The fraction of sp³-hybridized carbons (Fsp3) is 0.375. The molecule has 0 unspecified atom stereocenters. The lowest BCUT2D eigenvalue weighted by molar-refractivity contribution is 0.0655. The number of thioether (sulfide) groups is 1. The highest BCUT2D eigenvalue weighted by Crippen LogP contribution is 2.23. The number of rotatable bonds is 8. The average Bonchev–Trinajstić information content (AvgIpc) is 3.14. The smallest absolute Gasteiger partial charge is 0.261 e. The number of amides is 2. The first-order chi connectivity index (χ1) is 11.7. The van der Waals surface area contributed by atoms with Crippen molar-refractivity contribution in [3.8, 4) is 0 Å². The molecule has 126 valence electrons. The normalized spacial score (nSPS) is 13.6. The van der Waals surface area contributed by atoms with Crippen molar-refractivity contribution in [2.45, 2.75) is 18.1 Å². The molecule has 0 aliphatic carbocycles. The fourth-order valence-corrected chi connectivity index (χ4v) is 3.39. The third-order valence-electron chi connectivity index (χ3n) is 3.75. The second-order valence-corrected chi connectivity index (χ2v) is 6.37. The van der Waals surface area contributed by atoms with E-state index in [0.29, 0.717) is 37.2 Å². The number of aromatic nitrogens is 3. The van der Waals surface area contributed by atoms with Crippen LogP contribution in [0, 0.1) is 0 Å². The van der Waals surface area contributed by atoms with E-state index < -0.39 is 0 Å². The van der Waals surface area contributed by atoms with Crippen molar-refractivity contribution in [2.24, 2.45) is 0 Å². The fourth-order valence-electron chi connectivity index (χ4n) is 2.53. The van der Waals surface area contributed by atoms with E-state index in [1.54, 1.807) is 49.5 Å². The summed E-state index contributed by atoms with van der Waals surface area (Å²) in [6, 6.07) is 6.94. The Balaban J connectivity index is 1.50. The first-order valence-corrected chi connectivity index (χ1v) is 8.65. The summed E-state index contributed by atoms with van der Waals surface area (Å²) in [6.45, 7) is 1.70. The first kappa shape index (κ1) is 16.7. The number of methoxy groups -OCH3 is 1. The number of benzene rings is 1. The molecule has 0 bridgehead atoms. The molecule has 0 saturated carbocycles. The lowest BCUT2D eigenvalue weighted by Gasteiger charge is -2.13. The van der Waals surface area contributed by atoms with E-state index in [4.69, 9.17) is 4.74 Å². The Morgan fingerprint density at radius 2 is 1.83 bits per heavy atom. The molecule has 0 atom stereocenters. The quantitative estimate of drug-likeness (QED) is 0.411. The van der Waals surface area contributed by atoms with Gasteiger partial charge in [0, 0.05) is 26.0 Å². The molecule has 2 amide bonds. The zero-order valence-corrected chi connectivity index (χ0v) is 14.2. The number of hydrogen-bond donors (Lipinski definition) is 0. The number of fused-ring (bicyclic) bond motifs is 1. The second-order valence-electron chi connectivity index (χ2n) is 5.31. The molecule has 0 radical (unpaired) electrons. The van der Waals surface area contributed by atoms with E-state index in [9.17, 15) is 9.59 Å². The van der Waals surface area contributed by atoms with Crippen molar-refractivity contribution < 1.29 is 14.3 Å². The van der Waals surface area contributed by atoms with Gasteiger partial charge in [0.2, 0.25) is 0 Å². The highest BCUT2D eigenvalue weighted by molar-refractivity contribution is 7.99. The SMILES string of the molecule is COCCn1cnnc1SCCCN1C(=O)c2ccccc2C1=O. The number of carbonyl (C=O) groups is 2. The van der Waals surface area contributed by atoms with E-state index in [1.165, 1.54) is 4.90 Å². The molecule has 1 aliphatic rings. The summed E-state index contributed by atoms with van der Waals surface area (Å²) in [5, 5.41) is 8.79. The summed E-state index contributed by atoms with van der Waals surface area (Å²) in [5.74, 6) is 0.340. The zero-order valence-electron chi connectivity index (χ0n) is 13.3. The van der Waals surface area contributed by atoms with Crippen molar-refractivity contribution in [3.63, 3.8) is 0 Å². The summed E-state index contributed by atoms with van der Waals surface area (Å²) in [4.78, 5) is 25.8. The molecule has 1 aliphatic heterocycles. The molecule has 1 aromatic carbocycles. The summed E-state index contributed by atoms with van der Waals surface area (Å²) in [6.07, 6.45) is 2.37. The van der Waals surface area contributed by atoms with E-state index >= 15 is 0 Å². The Morgan fingerprint density at radius 1 is 1.12 bits per heavy atom. The Bertz CT molecular complexity index is 711. The minimum absolute atomic E-state index is 0.205. The number of ether oxygens (including phenoxy) is 1. The minimum Gasteiger partial charge on any atom is -0.383 e. The van der Waals surface area contributed by atoms with E-state index in [1.807, 2.05) is 4.57 Å². The van der Waals surface area contributed by atoms with Crippen LogP contribution in [0.5, 0.6) is 0 Å². The Morgan fingerprint density at radius 3 is 2.50 bits per heavy atom. The lowest BCUT2D eigenvalue weighted by Crippen LogP contribution is -2.31. The molecular weight excluding hydrogens is 328 g/mol. The van der Waals surface area contributed by atoms with Gasteiger partial charge in [-0.05, 0) is 18.6 Å². The van der Waals surface area contributed by atoms with Crippen LogP contribution in [0.1, 0.15) is 27.1 Å². The molecule has 0 spiro atoms. The maximum atomic E-state index is 12.3. The van der Waals surface area contributed by atoms with Crippen LogP contribution in [0.15, 0.2) is 35.7 Å². The summed E-state index contributed by atoms with van der Waals surface area (Å²) in [7, 11) is 1.65. The lowest BCUT2D eigenvalue weighted by atomic mass is 10.1. The highest BCUT2D eigenvalue weighted by atomic mass is 32.2. The van der Waals surface area contributed by atoms with Crippen LogP contribution in [0.4, 0.5) is 0 Å². The molecule has 2 aromatic rings. The van der Waals surface area contributed by atoms with E-state index in [-0.39, 0.29) is 11.8 Å². The highest BCUT2D eigenvalue weighted by Gasteiger charge is 2.34. The maximum Gasteiger partial charge on any atom is 0.261 e. The van der Waals surface area contributed by atoms with Gasteiger partial charge in [0.15, 0.2) is 5.16 Å². The zero-order chi connectivity index (χ0) is 16.9. The monoisotopic (exact) mass is 346 g/mol. The predicted molar refractivity (Wildman–Crippen MR) is 89.0 cm³/mol. The molecule has 0 saturated heterocycles. The number of imide groups is 1. The van der Waals surface area contributed by atoms with Gasteiger partial charge < -0.3 is 9.30 Å². The van der Waals surface area contributed by atoms with Crippen LogP contribution in [-0.4, -0.2) is 57.5 Å². The van der Waals surface area contributed by atoms with Crippen LogP contribution in [0.25, 0.3) is 0 Å². The van der Waals surface area contributed by atoms with E-state index in [0.717, 1.165) is 10.9 Å². The van der Waals surface area contributed by atoms with Crippen molar-refractivity contribution in [3.05, 3.63) is 41.7 Å². The standard InChI is InChI=1S/C16H18N4O3S/c1-23-9-8-19-11-17-18-16(19)24-10-4-7-20-14(21)12-5-2-3-6-13(12)15(20)22/h2-3,5-6,11H,4,7-10H2,1H3. The Kier molecular flexibility index (Phi) is 5.27. The van der Waals surface area contributed by atoms with Gasteiger partial charge in [-0.25, -0.2) is 0 Å². The molecule has 24 heavy (non-hydrogen) atoms. The Hall–Kier alpha value is -2.19. The molecule has 3 rings (SSSR count). The Labute approximate surface area is 144 Å². The van der Waals surface area contributed by atoms with Crippen LogP contribution in [0.3, 0.4) is 0 Å². The second kappa shape index (κ2) is 7.59. The largest absolute Gasteiger partial charge is 0.383 e. The molecule has 0 fully saturated rings. The third kappa shape index (κ3) is 3.34. The van der Waals surface area contributed by atoms with Crippen molar-refractivity contribution in [1.82, 2.24) is 19.7 Å². The van der Waals surface area contributed by atoms with E-state index in [2.05, 4.69) is 10.2 Å².